The van der Waals surface area contributed by atoms with Crippen LogP contribution in [-0.4, -0.2) is 73.2 Å². The minimum absolute atomic E-state index is 0.0292. The number of likely N-dealkylation sites (tertiary alicyclic amines) is 1. The number of nitrogens with one attached hydrogen (secondary N) is 2. The summed E-state index contributed by atoms with van der Waals surface area (Å²) in [7, 11) is 2.10. The molecule has 28 heavy (non-hydrogen) atoms. The van der Waals surface area contributed by atoms with Crippen LogP contribution in [0, 0.1) is 0 Å². The maximum Gasteiger partial charge on any atom is 0.315 e. The smallest absolute Gasteiger partial charge is 0.315 e. The number of hydrogen-bond acceptors (Lipinski definition) is 4. The van der Waals surface area contributed by atoms with Gasteiger partial charge in [-0.1, -0.05) is 12.1 Å². The Balaban J connectivity index is 1.46. The lowest BCUT2D eigenvalue weighted by Crippen LogP contribution is -2.48. The molecule has 7 heteroatoms. The molecule has 2 saturated heterocycles. The molecule has 2 aliphatic heterocycles. The Morgan fingerprint density at radius 3 is 2.29 bits per heavy atom. The highest BCUT2D eigenvalue weighted by Gasteiger charge is 2.26. The standard InChI is InChI=1S/C21H32N4O3/c1-15-13-25(14-16(2)28-15)20(26)18-6-4-17(5-7-18)12-22-21(27)23-19-8-10-24(3)11-9-19/h4-7,15-16,19H,8-14H2,1-3H3,(H2,22,23,27). The van der Waals surface area contributed by atoms with E-state index in [1.54, 1.807) is 0 Å². The van der Waals surface area contributed by atoms with Crippen molar-refractivity contribution in [1.82, 2.24) is 20.4 Å². The summed E-state index contributed by atoms with van der Waals surface area (Å²) in [6, 6.07) is 7.57. The molecule has 2 fully saturated rings. The molecular weight excluding hydrogens is 356 g/mol. The highest BCUT2D eigenvalue weighted by atomic mass is 16.5. The zero-order valence-corrected chi connectivity index (χ0v) is 17.1. The molecule has 0 aromatic heterocycles. The monoisotopic (exact) mass is 388 g/mol. The summed E-state index contributed by atoms with van der Waals surface area (Å²) in [5.41, 5.74) is 1.64. The average Bonchev–Trinajstić information content (AvgIpc) is 2.67. The largest absolute Gasteiger partial charge is 0.372 e. The van der Waals surface area contributed by atoms with E-state index in [0.717, 1.165) is 31.5 Å². The number of carbonyl (C=O) groups excluding carboxylic acids is 2. The third kappa shape index (κ3) is 5.69. The molecule has 0 radical (unpaired) electrons. The summed E-state index contributed by atoms with van der Waals surface area (Å²) < 4.78 is 5.69. The van der Waals surface area contributed by atoms with E-state index in [-0.39, 0.29) is 30.2 Å². The van der Waals surface area contributed by atoms with Crippen molar-refractivity contribution in [1.29, 1.82) is 0 Å². The molecular formula is C21H32N4O3. The van der Waals surface area contributed by atoms with Gasteiger partial charge < -0.3 is 25.2 Å². The lowest BCUT2D eigenvalue weighted by atomic mass is 10.1. The summed E-state index contributed by atoms with van der Waals surface area (Å²) in [6.07, 6.45) is 2.08. The molecule has 2 aliphatic rings. The topological polar surface area (TPSA) is 73.9 Å². The SMILES string of the molecule is CC1CN(C(=O)c2ccc(CNC(=O)NC3CCN(C)CC3)cc2)CC(C)O1. The first-order chi connectivity index (χ1) is 13.4. The molecule has 3 rings (SSSR count). The van der Waals surface area contributed by atoms with Crippen molar-refractivity contribution >= 4 is 11.9 Å². The molecule has 0 bridgehead atoms. The number of hydrogen-bond donors (Lipinski definition) is 2. The van der Waals surface area contributed by atoms with Crippen LogP contribution in [0.5, 0.6) is 0 Å². The number of ether oxygens (including phenoxy) is 1. The Kier molecular flexibility index (Phi) is 6.91. The fourth-order valence-corrected chi connectivity index (χ4v) is 3.86. The van der Waals surface area contributed by atoms with E-state index < -0.39 is 0 Å². The van der Waals surface area contributed by atoms with E-state index in [1.807, 2.05) is 43.0 Å². The molecule has 1 aromatic rings. The van der Waals surface area contributed by atoms with Crippen molar-refractivity contribution in [2.24, 2.45) is 0 Å². The van der Waals surface area contributed by atoms with E-state index in [4.69, 9.17) is 4.74 Å². The predicted molar refractivity (Wildman–Crippen MR) is 108 cm³/mol. The van der Waals surface area contributed by atoms with Crippen LogP contribution in [0.3, 0.4) is 0 Å². The number of urea groups is 1. The molecule has 7 nitrogen and oxygen atoms in total. The van der Waals surface area contributed by atoms with Crippen LogP contribution in [0.2, 0.25) is 0 Å². The fourth-order valence-electron chi connectivity index (χ4n) is 3.86. The molecule has 3 amide bonds. The van der Waals surface area contributed by atoms with Gasteiger partial charge in [0.1, 0.15) is 0 Å². The first-order valence-corrected chi connectivity index (χ1v) is 10.2. The Morgan fingerprint density at radius 1 is 1.07 bits per heavy atom. The summed E-state index contributed by atoms with van der Waals surface area (Å²) in [4.78, 5) is 28.9. The molecule has 2 unspecified atom stereocenters. The van der Waals surface area contributed by atoms with Crippen LogP contribution in [0.25, 0.3) is 0 Å². The lowest BCUT2D eigenvalue weighted by molar-refractivity contribution is -0.0586. The summed E-state index contributed by atoms with van der Waals surface area (Å²) in [5.74, 6) is 0.0292. The molecule has 1 aromatic carbocycles. The van der Waals surface area contributed by atoms with Gasteiger partial charge in [-0.15, -0.1) is 0 Å². The number of nitrogens with zero attached hydrogens (tertiary/aromatic N) is 2. The minimum Gasteiger partial charge on any atom is -0.372 e. The zero-order valence-electron chi connectivity index (χ0n) is 17.1. The first kappa shape index (κ1) is 20.6. The van der Waals surface area contributed by atoms with Gasteiger partial charge in [0, 0.05) is 31.2 Å². The lowest BCUT2D eigenvalue weighted by Gasteiger charge is -2.35. The van der Waals surface area contributed by atoms with Crippen LogP contribution in [0.1, 0.15) is 42.6 Å². The van der Waals surface area contributed by atoms with Crippen molar-refractivity contribution < 1.29 is 14.3 Å². The summed E-state index contributed by atoms with van der Waals surface area (Å²) in [6.45, 7) is 7.68. The molecule has 2 N–H and O–H groups in total. The second-order valence-corrected chi connectivity index (χ2v) is 8.07. The molecule has 0 spiro atoms. The van der Waals surface area contributed by atoms with E-state index in [0.29, 0.717) is 25.2 Å². The number of piperidine rings is 1. The number of morpholine rings is 1. The van der Waals surface area contributed by atoms with Gasteiger partial charge >= 0.3 is 6.03 Å². The molecule has 2 atom stereocenters. The van der Waals surface area contributed by atoms with Crippen LogP contribution in [-0.2, 0) is 11.3 Å². The second-order valence-electron chi connectivity index (χ2n) is 8.07. The number of carbonyl (C=O) groups is 2. The molecule has 0 aliphatic carbocycles. The van der Waals surface area contributed by atoms with Crippen molar-refractivity contribution in [3.05, 3.63) is 35.4 Å². The average molecular weight is 389 g/mol. The minimum atomic E-state index is -0.133. The first-order valence-electron chi connectivity index (χ1n) is 10.2. The zero-order chi connectivity index (χ0) is 20.1. The fraction of sp³-hybridized carbons (Fsp3) is 0.619. The normalized spacial score (nSPS) is 24.0. The Labute approximate surface area is 167 Å². The van der Waals surface area contributed by atoms with Gasteiger partial charge in [0.2, 0.25) is 0 Å². The van der Waals surface area contributed by atoms with Gasteiger partial charge in [-0.2, -0.15) is 0 Å². The van der Waals surface area contributed by atoms with Gasteiger partial charge in [0.25, 0.3) is 5.91 Å². The molecule has 154 valence electrons. The quantitative estimate of drug-likeness (QED) is 0.825. The van der Waals surface area contributed by atoms with Crippen molar-refractivity contribution in [2.75, 3.05) is 33.2 Å². The van der Waals surface area contributed by atoms with Crippen LogP contribution in [0.15, 0.2) is 24.3 Å². The van der Waals surface area contributed by atoms with Crippen LogP contribution >= 0.6 is 0 Å². The maximum absolute atomic E-state index is 12.7. The highest BCUT2D eigenvalue weighted by molar-refractivity contribution is 5.94. The van der Waals surface area contributed by atoms with E-state index >= 15 is 0 Å². The summed E-state index contributed by atoms with van der Waals surface area (Å²) >= 11 is 0. The van der Waals surface area contributed by atoms with E-state index in [1.165, 1.54) is 0 Å². The van der Waals surface area contributed by atoms with Crippen molar-refractivity contribution in [3.8, 4) is 0 Å². The van der Waals surface area contributed by atoms with Crippen LogP contribution in [0.4, 0.5) is 4.79 Å². The highest BCUT2D eigenvalue weighted by Crippen LogP contribution is 2.15. The van der Waals surface area contributed by atoms with Crippen molar-refractivity contribution in [3.63, 3.8) is 0 Å². The summed E-state index contributed by atoms with van der Waals surface area (Å²) in [5, 5.41) is 5.95. The Morgan fingerprint density at radius 2 is 1.68 bits per heavy atom. The van der Waals surface area contributed by atoms with Gasteiger partial charge in [-0.25, -0.2) is 4.79 Å². The van der Waals surface area contributed by atoms with Crippen LogP contribution < -0.4 is 10.6 Å². The molecule has 2 heterocycles. The number of benzene rings is 1. The molecule has 0 saturated carbocycles. The van der Waals surface area contributed by atoms with E-state index in [9.17, 15) is 9.59 Å². The third-order valence-electron chi connectivity index (χ3n) is 5.41. The number of rotatable bonds is 4. The number of amides is 3. The van der Waals surface area contributed by atoms with Crippen molar-refractivity contribution in [2.45, 2.75) is 51.5 Å². The Hall–Kier alpha value is -2.12. The van der Waals surface area contributed by atoms with Gasteiger partial charge in [0.05, 0.1) is 12.2 Å². The second kappa shape index (κ2) is 9.39. The van der Waals surface area contributed by atoms with Gasteiger partial charge in [0.15, 0.2) is 0 Å². The van der Waals surface area contributed by atoms with Gasteiger partial charge in [-0.05, 0) is 64.5 Å². The van der Waals surface area contributed by atoms with Gasteiger partial charge in [-0.3, -0.25) is 4.79 Å². The Bertz CT molecular complexity index is 661. The predicted octanol–water partition coefficient (Wildman–Crippen LogP) is 1.83. The third-order valence-corrected chi connectivity index (χ3v) is 5.41. The van der Waals surface area contributed by atoms with E-state index in [2.05, 4.69) is 22.6 Å². The maximum atomic E-state index is 12.7.